The van der Waals surface area contributed by atoms with Crippen LogP contribution < -0.4 is 11.1 Å². The Kier molecular flexibility index (Phi) is 5.85. The number of aliphatic hydroxyl groups excluding tert-OH is 1. The van der Waals surface area contributed by atoms with Crippen molar-refractivity contribution in [3.05, 3.63) is 0 Å². The molecule has 0 spiro atoms. The van der Waals surface area contributed by atoms with E-state index in [4.69, 9.17) is 16.1 Å². The molecule has 4 N–H and O–H groups in total. The fourth-order valence-electron chi connectivity index (χ4n) is 0.850. The van der Waals surface area contributed by atoms with Crippen molar-refractivity contribution in [3.63, 3.8) is 0 Å². The zero-order valence-electron chi connectivity index (χ0n) is 7.66. The lowest BCUT2D eigenvalue weighted by molar-refractivity contribution is -0.125. The first kappa shape index (κ1) is 11.9. The fourth-order valence-corrected chi connectivity index (χ4v) is 0.850. The molecule has 2 unspecified atom stereocenters. The molecular formula is C8H15N3O2. The Morgan fingerprint density at radius 2 is 2.38 bits per heavy atom. The van der Waals surface area contributed by atoms with Crippen LogP contribution in [0.2, 0.25) is 0 Å². The SMILES string of the molecule is CCC(CC#N)NCC(O)C(N)=O. The number of rotatable bonds is 6. The number of hydrogen-bond acceptors (Lipinski definition) is 4. The molecule has 0 aromatic carbocycles. The topological polar surface area (TPSA) is 99.1 Å². The summed E-state index contributed by atoms with van der Waals surface area (Å²) < 4.78 is 0. The Balaban J connectivity index is 3.72. The van der Waals surface area contributed by atoms with Crippen LogP contribution in [-0.2, 0) is 4.79 Å². The third-order valence-electron chi connectivity index (χ3n) is 1.76. The van der Waals surface area contributed by atoms with Crippen LogP contribution in [0.25, 0.3) is 0 Å². The van der Waals surface area contributed by atoms with E-state index >= 15 is 0 Å². The van der Waals surface area contributed by atoms with Gasteiger partial charge in [0, 0.05) is 12.6 Å². The molecule has 2 atom stereocenters. The lowest BCUT2D eigenvalue weighted by Gasteiger charge is -2.14. The van der Waals surface area contributed by atoms with E-state index in [0.29, 0.717) is 6.42 Å². The van der Waals surface area contributed by atoms with E-state index in [1.165, 1.54) is 0 Å². The summed E-state index contributed by atoms with van der Waals surface area (Å²) in [6.45, 7) is 2.03. The van der Waals surface area contributed by atoms with E-state index < -0.39 is 12.0 Å². The van der Waals surface area contributed by atoms with E-state index in [1.807, 2.05) is 13.0 Å². The van der Waals surface area contributed by atoms with Crippen LogP contribution in [-0.4, -0.2) is 29.7 Å². The molecule has 0 bridgehead atoms. The number of nitrogens with two attached hydrogens (primary N) is 1. The van der Waals surface area contributed by atoms with Gasteiger partial charge in [-0.05, 0) is 6.42 Å². The van der Waals surface area contributed by atoms with Gasteiger partial charge in [-0.3, -0.25) is 4.79 Å². The summed E-state index contributed by atoms with van der Waals surface area (Å²) in [5.41, 5.74) is 4.84. The molecular weight excluding hydrogens is 170 g/mol. The summed E-state index contributed by atoms with van der Waals surface area (Å²) in [4.78, 5) is 10.4. The quantitative estimate of drug-likeness (QED) is 0.500. The normalized spacial score (nSPS) is 14.5. The van der Waals surface area contributed by atoms with Gasteiger partial charge in [0.2, 0.25) is 5.91 Å². The van der Waals surface area contributed by atoms with E-state index in [2.05, 4.69) is 5.32 Å². The molecule has 0 heterocycles. The molecule has 0 aliphatic heterocycles. The highest BCUT2D eigenvalue weighted by molar-refractivity contribution is 5.78. The van der Waals surface area contributed by atoms with Crippen LogP contribution in [0.5, 0.6) is 0 Å². The Hall–Kier alpha value is -1.12. The lowest BCUT2D eigenvalue weighted by atomic mass is 10.1. The van der Waals surface area contributed by atoms with Crippen molar-refractivity contribution in [2.45, 2.75) is 31.9 Å². The summed E-state index contributed by atoms with van der Waals surface area (Å²) in [6.07, 6.45) is -0.0335. The smallest absolute Gasteiger partial charge is 0.247 e. The number of carbonyl (C=O) groups excluding carboxylic acids is 1. The number of hydrogen-bond donors (Lipinski definition) is 3. The molecule has 0 saturated heterocycles. The number of nitriles is 1. The highest BCUT2D eigenvalue weighted by atomic mass is 16.3. The summed E-state index contributed by atoms with van der Waals surface area (Å²) in [5, 5.41) is 20.3. The predicted octanol–water partition coefficient (Wildman–Crippen LogP) is -0.886. The first-order valence-electron chi connectivity index (χ1n) is 4.19. The van der Waals surface area contributed by atoms with Gasteiger partial charge in [-0.25, -0.2) is 0 Å². The molecule has 74 valence electrons. The summed E-state index contributed by atoms with van der Waals surface area (Å²) in [7, 11) is 0. The van der Waals surface area contributed by atoms with Crippen molar-refractivity contribution in [2.75, 3.05) is 6.54 Å². The lowest BCUT2D eigenvalue weighted by Crippen LogP contribution is -2.41. The molecule has 5 heteroatoms. The predicted molar refractivity (Wildman–Crippen MR) is 47.5 cm³/mol. The Bertz CT molecular complexity index is 200. The molecule has 0 aliphatic rings. The number of nitrogens with one attached hydrogen (secondary N) is 1. The average Bonchev–Trinajstić information content (AvgIpc) is 2.11. The zero-order valence-corrected chi connectivity index (χ0v) is 7.66. The number of nitrogens with zero attached hydrogens (tertiary/aromatic N) is 1. The molecule has 0 radical (unpaired) electrons. The van der Waals surface area contributed by atoms with Crippen LogP contribution in [0.1, 0.15) is 19.8 Å². The largest absolute Gasteiger partial charge is 0.382 e. The highest BCUT2D eigenvalue weighted by Crippen LogP contribution is 1.95. The molecule has 5 nitrogen and oxygen atoms in total. The minimum absolute atomic E-state index is 0.0130. The van der Waals surface area contributed by atoms with Gasteiger partial charge in [-0.2, -0.15) is 5.26 Å². The van der Waals surface area contributed by atoms with Crippen molar-refractivity contribution in [1.29, 1.82) is 5.26 Å². The highest BCUT2D eigenvalue weighted by Gasteiger charge is 2.12. The van der Waals surface area contributed by atoms with Gasteiger partial charge in [0.1, 0.15) is 6.10 Å². The maximum absolute atomic E-state index is 10.4. The Morgan fingerprint density at radius 1 is 1.77 bits per heavy atom. The van der Waals surface area contributed by atoms with Gasteiger partial charge < -0.3 is 16.2 Å². The van der Waals surface area contributed by atoms with Gasteiger partial charge in [-0.15, -0.1) is 0 Å². The molecule has 1 amide bonds. The Morgan fingerprint density at radius 3 is 2.77 bits per heavy atom. The fraction of sp³-hybridized carbons (Fsp3) is 0.750. The molecule has 0 aromatic heterocycles. The molecule has 0 aliphatic carbocycles. The third-order valence-corrected chi connectivity index (χ3v) is 1.76. The number of primary amides is 1. The standard InChI is InChI=1S/C8H15N3O2/c1-2-6(3-4-9)11-5-7(12)8(10)13/h6-7,11-12H,2-3,5H2,1H3,(H2,10,13). The van der Waals surface area contributed by atoms with Crippen LogP contribution in [0.3, 0.4) is 0 Å². The van der Waals surface area contributed by atoms with Crippen molar-refractivity contribution < 1.29 is 9.90 Å². The second-order valence-electron chi connectivity index (χ2n) is 2.79. The minimum atomic E-state index is -1.17. The van der Waals surface area contributed by atoms with Gasteiger partial charge >= 0.3 is 0 Å². The van der Waals surface area contributed by atoms with Gasteiger partial charge in [0.25, 0.3) is 0 Å². The van der Waals surface area contributed by atoms with Crippen LogP contribution in [0, 0.1) is 11.3 Å². The van der Waals surface area contributed by atoms with E-state index in [9.17, 15) is 4.79 Å². The monoisotopic (exact) mass is 185 g/mol. The average molecular weight is 185 g/mol. The number of amides is 1. The molecule has 0 saturated carbocycles. The minimum Gasteiger partial charge on any atom is -0.382 e. The second-order valence-corrected chi connectivity index (χ2v) is 2.79. The maximum Gasteiger partial charge on any atom is 0.247 e. The van der Waals surface area contributed by atoms with Gasteiger partial charge in [-0.1, -0.05) is 6.92 Å². The number of carbonyl (C=O) groups is 1. The van der Waals surface area contributed by atoms with Crippen molar-refractivity contribution in [3.8, 4) is 6.07 Å². The van der Waals surface area contributed by atoms with Crippen molar-refractivity contribution in [1.82, 2.24) is 5.32 Å². The van der Waals surface area contributed by atoms with E-state index in [1.54, 1.807) is 0 Å². The third kappa shape index (κ3) is 5.17. The van der Waals surface area contributed by atoms with Crippen LogP contribution in [0.15, 0.2) is 0 Å². The van der Waals surface area contributed by atoms with Gasteiger partial charge in [0.05, 0.1) is 12.5 Å². The second kappa shape index (κ2) is 6.40. The van der Waals surface area contributed by atoms with Crippen LogP contribution in [0.4, 0.5) is 0 Å². The van der Waals surface area contributed by atoms with E-state index in [-0.39, 0.29) is 12.6 Å². The van der Waals surface area contributed by atoms with E-state index in [0.717, 1.165) is 6.42 Å². The zero-order chi connectivity index (χ0) is 10.3. The van der Waals surface area contributed by atoms with Crippen LogP contribution >= 0.6 is 0 Å². The molecule has 0 rings (SSSR count). The van der Waals surface area contributed by atoms with Crippen molar-refractivity contribution in [2.24, 2.45) is 5.73 Å². The Labute approximate surface area is 77.5 Å². The first-order chi connectivity index (χ1) is 6.11. The van der Waals surface area contributed by atoms with Crippen molar-refractivity contribution >= 4 is 5.91 Å². The summed E-state index contributed by atoms with van der Waals surface area (Å²) in [5.74, 6) is -0.751. The maximum atomic E-state index is 10.4. The molecule has 0 aromatic rings. The first-order valence-corrected chi connectivity index (χ1v) is 4.19. The number of aliphatic hydroxyl groups is 1. The molecule has 0 fully saturated rings. The van der Waals surface area contributed by atoms with Gasteiger partial charge in [0.15, 0.2) is 0 Å². The summed E-state index contributed by atoms with van der Waals surface area (Å²) in [6, 6.07) is 2.02. The summed E-state index contributed by atoms with van der Waals surface area (Å²) >= 11 is 0. The molecule has 13 heavy (non-hydrogen) atoms.